The Morgan fingerprint density at radius 1 is 1.29 bits per heavy atom. The van der Waals surface area contributed by atoms with Crippen LogP contribution in [0.2, 0.25) is 0 Å². The summed E-state index contributed by atoms with van der Waals surface area (Å²) in [6.45, 7) is 7.97. The van der Waals surface area contributed by atoms with Gasteiger partial charge in [0.05, 0.1) is 5.92 Å². The lowest BCUT2D eigenvalue weighted by Gasteiger charge is -2.29. The molecule has 5 nitrogen and oxygen atoms in total. The van der Waals surface area contributed by atoms with E-state index in [0.717, 1.165) is 37.5 Å². The first kappa shape index (κ1) is 16.4. The van der Waals surface area contributed by atoms with E-state index in [0.29, 0.717) is 18.6 Å². The van der Waals surface area contributed by atoms with Crippen LogP contribution in [0.5, 0.6) is 0 Å². The second-order valence-corrected chi connectivity index (χ2v) is 5.78. The Bertz CT molecular complexity index is 400. The summed E-state index contributed by atoms with van der Waals surface area (Å²) in [6, 6.07) is 0.466. The fourth-order valence-corrected chi connectivity index (χ4v) is 3.21. The zero-order valence-corrected chi connectivity index (χ0v) is 13.6. The minimum Gasteiger partial charge on any atom is -0.370 e. The molecule has 1 heterocycles. The normalized spacial score (nSPS) is 24.1. The van der Waals surface area contributed by atoms with Crippen LogP contribution >= 0.6 is 0 Å². The highest BCUT2D eigenvalue weighted by Crippen LogP contribution is 2.33. The highest BCUT2D eigenvalue weighted by molar-refractivity contribution is 5.02. The predicted octanol–water partition coefficient (Wildman–Crippen LogP) is 3.58. The molecule has 2 rings (SSSR count). The van der Waals surface area contributed by atoms with Crippen molar-refractivity contribution in [2.45, 2.75) is 77.4 Å². The summed E-state index contributed by atoms with van der Waals surface area (Å²) >= 11 is 0. The lowest BCUT2D eigenvalue weighted by Crippen LogP contribution is -2.37. The molecule has 1 aliphatic rings. The molecule has 0 radical (unpaired) electrons. The number of aromatic nitrogens is 2. The zero-order valence-electron chi connectivity index (χ0n) is 13.6. The van der Waals surface area contributed by atoms with Crippen LogP contribution in [0.1, 0.15) is 83.0 Å². The van der Waals surface area contributed by atoms with Crippen LogP contribution in [-0.4, -0.2) is 29.3 Å². The van der Waals surface area contributed by atoms with E-state index in [1.165, 1.54) is 19.3 Å². The lowest BCUT2D eigenvalue weighted by molar-refractivity contribution is 0.0477. The van der Waals surface area contributed by atoms with E-state index in [1.807, 2.05) is 6.92 Å². The van der Waals surface area contributed by atoms with Crippen LogP contribution in [0, 0.1) is 0 Å². The molecule has 120 valence electrons. The molecule has 1 N–H and O–H groups in total. The van der Waals surface area contributed by atoms with Gasteiger partial charge in [-0.2, -0.15) is 4.98 Å². The Labute approximate surface area is 127 Å². The van der Waals surface area contributed by atoms with Crippen LogP contribution in [0.4, 0.5) is 0 Å². The maximum atomic E-state index is 5.74. The van der Waals surface area contributed by atoms with E-state index >= 15 is 0 Å². The summed E-state index contributed by atoms with van der Waals surface area (Å²) in [4.78, 5) is 4.66. The van der Waals surface area contributed by atoms with Gasteiger partial charge in [-0.25, -0.2) is 0 Å². The molecule has 3 unspecified atom stereocenters. The maximum absolute atomic E-state index is 5.74. The third-order valence-corrected chi connectivity index (χ3v) is 4.21. The van der Waals surface area contributed by atoms with E-state index in [-0.39, 0.29) is 6.10 Å². The number of nitrogens with zero attached hydrogens (tertiary/aromatic N) is 2. The molecule has 1 aromatic heterocycles. The molecule has 1 saturated carbocycles. The van der Waals surface area contributed by atoms with Crippen LogP contribution < -0.4 is 5.32 Å². The largest absolute Gasteiger partial charge is 0.370 e. The minimum atomic E-state index is -0.0290. The van der Waals surface area contributed by atoms with Gasteiger partial charge in [-0.15, -0.1) is 0 Å². The van der Waals surface area contributed by atoms with Crippen LogP contribution in [-0.2, 0) is 4.74 Å². The minimum absolute atomic E-state index is 0.0290. The first-order valence-corrected chi connectivity index (χ1v) is 8.48. The second-order valence-electron chi connectivity index (χ2n) is 5.78. The van der Waals surface area contributed by atoms with Crippen molar-refractivity contribution < 1.29 is 9.26 Å². The summed E-state index contributed by atoms with van der Waals surface area (Å²) in [5, 5.41) is 7.75. The van der Waals surface area contributed by atoms with Gasteiger partial charge in [0.1, 0.15) is 6.10 Å². The van der Waals surface area contributed by atoms with Crippen molar-refractivity contribution in [1.82, 2.24) is 15.5 Å². The molecule has 3 atom stereocenters. The van der Waals surface area contributed by atoms with Crippen molar-refractivity contribution in [3.8, 4) is 0 Å². The molecule has 1 aliphatic carbocycles. The van der Waals surface area contributed by atoms with Gasteiger partial charge in [-0.05, 0) is 32.7 Å². The topological polar surface area (TPSA) is 60.2 Å². The second kappa shape index (κ2) is 8.49. The summed E-state index contributed by atoms with van der Waals surface area (Å²) in [5.41, 5.74) is 0. The average Bonchev–Trinajstić information content (AvgIpc) is 2.97. The molecule has 0 spiro atoms. The third-order valence-electron chi connectivity index (χ3n) is 4.21. The predicted molar refractivity (Wildman–Crippen MR) is 82.2 cm³/mol. The Hall–Kier alpha value is -0.940. The Morgan fingerprint density at radius 3 is 2.81 bits per heavy atom. The van der Waals surface area contributed by atoms with Gasteiger partial charge in [0, 0.05) is 12.6 Å². The molecule has 0 bridgehead atoms. The van der Waals surface area contributed by atoms with Crippen molar-refractivity contribution in [2.24, 2.45) is 0 Å². The Balaban J connectivity index is 2.09. The van der Waals surface area contributed by atoms with Crippen LogP contribution in [0.25, 0.3) is 0 Å². The highest BCUT2D eigenvalue weighted by atomic mass is 16.5. The number of hydrogen-bond donors (Lipinski definition) is 1. The monoisotopic (exact) mass is 295 g/mol. The molecule has 1 fully saturated rings. The SMILES string of the molecule is CCCC(OCC)c1noc(C2CCCCC2NCC)n1. The van der Waals surface area contributed by atoms with E-state index in [1.54, 1.807) is 0 Å². The number of ether oxygens (including phenoxy) is 1. The van der Waals surface area contributed by atoms with Gasteiger partial charge in [0.25, 0.3) is 0 Å². The lowest BCUT2D eigenvalue weighted by atomic mass is 9.84. The quantitative estimate of drug-likeness (QED) is 0.794. The number of nitrogens with one attached hydrogen (secondary N) is 1. The molecule has 0 aliphatic heterocycles. The molecule has 0 saturated heterocycles. The Kier molecular flexibility index (Phi) is 6.64. The van der Waals surface area contributed by atoms with Gasteiger partial charge in [-0.3, -0.25) is 0 Å². The molecule has 5 heteroatoms. The summed E-state index contributed by atoms with van der Waals surface area (Å²) in [6.07, 6.45) is 6.82. The van der Waals surface area contributed by atoms with Crippen molar-refractivity contribution >= 4 is 0 Å². The molecule has 21 heavy (non-hydrogen) atoms. The van der Waals surface area contributed by atoms with E-state index in [4.69, 9.17) is 9.26 Å². The number of hydrogen-bond acceptors (Lipinski definition) is 5. The smallest absolute Gasteiger partial charge is 0.231 e. The standard InChI is InChI=1S/C16H29N3O2/c1-4-9-14(20-6-3)15-18-16(21-19-15)12-10-7-8-11-13(12)17-5-2/h12-14,17H,4-11H2,1-3H3. The number of likely N-dealkylation sites (N-methyl/N-ethyl adjacent to an activating group) is 1. The zero-order chi connectivity index (χ0) is 15.1. The van der Waals surface area contributed by atoms with Crippen LogP contribution in [0.3, 0.4) is 0 Å². The van der Waals surface area contributed by atoms with Gasteiger partial charge < -0.3 is 14.6 Å². The molecule has 0 aromatic carbocycles. The highest BCUT2D eigenvalue weighted by Gasteiger charge is 2.31. The van der Waals surface area contributed by atoms with Crippen molar-refractivity contribution in [3.05, 3.63) is 11.7 Å². The van der Waals surface area contributed by atoms with Crippen molar-refractivity contribution in [1.29, 1.82) is 0 Å². The van der Waals surface area contributed by atoms with E-state index in [2.05, 4.69) is 29.3 Å². The molecular formula is C16H29N3O2. The summed E-state index contributed by atoms with van der Waals surface area (Å²) < 4.78 is 11.3. The van der Waals surface area contributed by atoms with Crippen molar-refractivity contribution in [3.63, 3.8) is 0 Å². The van der Waals surface area contributed by atoms with Gasteiger partial charge in [0.15, 0.2) is 0 Å². The van der Waals surface area contributed by atoms with Gasteiger partial charge >= 0.3 is 0 Å². The van der Waals surface area contributed by atoms with Gasteiger partial charge in [0.2, 0.25) is 11.7 Å². The fourth-order valence-electron chi connectivity index (χ4n) is 3.21. The fraction of sp³-hybridized carbons (Fsp3) is 0.875. The van der Waals surface area contributed by atoms with Crippen molar-refractivity contribution in [2.75, 3.05) is 13.2 Å². The Morgan fingerprint density at radius 2 is 2.10 bits per heavy atom. The van der Waals surface area contributed by atoms with E-state index in [9.17, 15) is 0 Å². The maximum Gasteiger partial charge on any atom is 0.231 e. The summed E-state index contributed by atoms with van der Waals surface area (Å²) in [5.74, 6) is 1.86. The number of rotatable bonds is 8. The molecule has 0 amide bonds. The molecular weight excluding hydrogens is 266 g/mol. The summed E-state index contributed by atoms with van der Waals surface area (Å²) in [7, 11) is 0. The van der Waals surface area contributed by atoms with Gasteiger partial charge in [-0.1, -0.05) is 38.3 Å². The van der Waals surface area contributed by atoms with Crippen LogP contribution in [0.15, 0.2) is 4.52 Å². The third kappa shape index (κ3) is 4.27. The first-order chi connectivity index (χ1) is 10.3. The molecule has 1 aromatic rings. The van der Waals surface area contributed by atoms with E-state index < -0.39 is 0 Å². The first-order valence-electron chi connectivity index (χ1n) is 8.48. The average molecular weight is 295 g/mol.